The highest BCUT2D eigenvalue weighted by Gasteiger charge is 2.29. The summed E-state index contributed by atoms with van der Waals surface area (Å²) in [5.74, 6) is 0. The Balaban J connectivity index is 4.32. The zero-order valence-corrected chi connectivity index (χ0v) is 21.1. The summed E-state index contributed by atoms with van der Waals surface area (Å²) in [6.07, 6.45) is 5.00. The molecular weight excluding hydrogens is 462 g/mol. The van der Waals surface area contributed by atoms with E-state index >= 15 is 0 Å². The van der Waals surface area contributed by atoms with Gasteiger partial charge in [0.25, 0.3) is 0 Å². The minimum Gasteiger partial charge on any atom is -0.146 e. The average molecular weight is 491 g/mol. The maximum absolute atomic E-state index is 6.24. The van der Waals surface area contributed by atoms with E-state index in [9.17, 15) is 0 Å². The molecule has 0 heterocycles. The number of halogens is 5. The Labute approximate surface area is 161 Å². The van der Waals surface area contributed by atoms with Crippen LogP contribution in [0.3, 0.4) is 0 Å². The Bertz CT molecular complexity index is 260. The predicted molar refractivity (Wildman–Crippen MR) is 115 cm³/mol. The maximum Gasteiger partial charge on any atom is 0.248 e. The van der Waals surface area contributed by atoms with Crippen LogP contribution < -0.4 is 0 Å². The Morgan fingerprint density at radius 3 is 1.33 bits per heavy atom. The highest BCUT2D eigenvalue weighted by molar-refractivity contribution is 9.09. The number of unbranched alkanes of at least 4 members (excludes halogenated alkanes) is 1. The largest absolute Gasteiger partial charge is 0.248 e. The molecule has 0 saturated carbocycles. The van der Waals surface area contributed by atoms with Crippen molar-refractivity contribution >= 4 is 81.7 Å². The number of hydrogen-bond donors (Lipinski definition) is 0. The van der Waals surface area contributed by atoms with Crippen molar-refractivity contribution in [3.05, 3.63) is 0 Å². The molecule has 0 aliphatic carbocycles. The van der Waals surface area contributed by atoms with Crippen LogP contribution in [0.1, 0.15) is 25.7 Å². The van der Waals surface area contributed by atoms with Crippen LogP contribution >= 0.6 is 60.2 Å². The van der Waals surface area contributed by atoms with E-state index < -0.39 is 21.5 Å². The number of alkyl halides is 1. The van der Waals surface area contributed by atoms with Gasteiger partial charge < -0.3 is 0 Å². The van der Waals surface area contributed by atoms with Crippen LogP contribution in [0.15, 0.2) is 0 Å². The summed E-state index contributed by atoms with van der Waals surface area (Å²) in [7, 11) is -1.20. The van der Waals surface area contributed by atoms with Crippen LogP contribution in [-0.4, -0.2) is 26.8 Å². The van der Waals surface area contributed by atoms with Gasteiger partial charge in [-0.2, -0.15) is 0 Å². The van der Waals surface area contributed by atoms with E-state index in [0.717, 1.165) is 17.4 Å². The summed E-state index contributed by atoms with van der Waals surface area (Å²) >= 11 is 28.5. The highest BCUT2D eigenvalue weighted by Crippen LogP contribution is 2.33. The quantitative estimate of drug-likeness (QED) is 0.112. The first-order valence-electron chi connectivity index (χ1n) is 7.79. The zero-order valence-electron chi connectivity index (χ0n) is 13.5. The maximum atomic E-state index is 6.24. The van der Waals surface area contributed by atoms with Crippen molar-refractivity contribution < 1.29 is 0 Å². The molecule has 0 bridgehead atoms. The van der Waals surface area contributed by atoms with Gasteiger partial charge >= 0.3 is 0 Å². The van der Waals surface area contributed by atoms with Crippen LogP contribution in [0, 0.1) is 0 Å². The fraction of sp³-hybridized carbons (Fsp3) is 1.00. The molecule has 0 aromatic heterocycles. The molecule has 0 atom stereocenters. The summed E-state index contributed by atoms with van der Waals surface area (Å²) in [6.45, 7) is 2.73. The Hall–Kier alpha value is 2.29. The van der Waals surface area contributed by atoms with Gasteiger partial charge in [0, 0.05) is 5.33 Å². The van der Waals surface area contributed by atoms with Crippen LogP contribution in [-0.2, 0) is 0 Å². The predicted octanol–water partition coefficient (Wildman–Crippen LogP) is 8.12. The molecule has 0 aromatic rings. The van der Waals surface area contributed by atoms with E-state index in [2.05, 4.69) is 22.5 Å². The van der Waals surface area contributed by atoms with Crippen LogP contribution in [0.5, 0.6) is 0 Å². The van der Waals surface area contributed by atoms with Gasteiger partial charge in [-0.1, -0.05) is 59.9 Å². The molecule has 0 aliphatic rings. The van der Waals surface area contributed by atoms with E-state index in [-0.39, 0.29) is 0 Å². The summed E-state index contributed by atoms with van der Waals surface area (Å²) in [5.41, 5.74) is 0. The van der Waals surface area contributed by atoms with Gasteiger partial charge in [0.05, 0.1) is 8.07 Å². The van der Waals surface area contributed by atoms with Crippen molar-refractivity contribution in [3.8, 4) is 0 Å². The molecular formula is C13H29BrCl4Si3. The molecule has 0 saturated heterocycles. The third kappa shape index (κ3) is 15.6. The van der Waals surface area contributed by atoms with Gasteiger partial charge in [-0.25, -0.2) is 0 Å². The van der Waals surface area contributed by atoms with E-state index in [1.807, 2.05) is 13.1 Å². The van der Waals surface area contributed by atoms with E-state index in [4.69, 9.17) is 44.3 Å². The topological polar surface area (TPSA) is 0 Å². The van der Waals surface area contributed by atoms with Crippen molar-refractivity contribution in [2.75, 3.05) is 5.33 Å². The minimum absolute atomic E-state index is 1.02. The molecule has 0 aliphatic heterocycles. The molecule has 8 heteroatoms. The lowest BCUT2D eigenvalue weighted by Crippen LogP contribution is -2.31. The van der Waals surface area contributed by atoms with Crippen molar-refractivity contribution in [2.24, 2.45) is 0 Å². The van der Waals surface area contributed by atoms with Crippen molar-refractivity contribution in [2.45, 2.75) is 75.5 Å². The zero-order chi connectivity index (χ0) is 16.6. The molecule has 0 fully saturated rings. The van der Waals surface area contributed by atoms with Gasteiger partial charge in [0.2, 0.25) is 13.4 Å². The molecule has 0 unspecified atom stereocenters. The average Bonchev–Trinajstić information content (AvgIpc) is 2.25. The van der Waals surface area contributed by atoms with E-state index in [0.29, 0.717) is 0 Å². The molecule has 128 valence electrons. The third-order valence-electron chi connectivity index (χ3n) is 3.96. The standard InChI is InChI=1S/C13H29BrCl4Si3/c1-19(9-5-4-8-14,10-6-12-20(2,15)16)11-7-13-21(3,17)18/h4-13H2,1-3H3. The molecule has 0 radical (unpaired) electrons. The first-order chi connectivity index (χ1) is 9.47. The second kappa shape index (κ2) is 11.0. The SMILES string of the molecule is C[Si](Cl)(Cl)CCC[Si](C)(CCCCBr)CCC[Si](C)(Cl)Cl. The third-order valence-corrected chi connectivity index (χ3v) is 13.9. The molecule has 0 rings (SSSR count). The molecule has 0 amide bonds. The van der Waals surface area contributed by atoms with Crippen LogP contribution in [0.2, 0.25) is 49.9 Å². The van der Waals surface area contributed by atoms with E-state index in [1.165, 1.54) is 43.8 Å². The molecule has 0 spiro atoms. The fourth-order valence-electron chi connectivity index (χ4n) is 2.67. The van der Waals surface area contributed by atoms with Crippen LogP contribution in [0.25, 0.3) is 0 Å². The smallest absolute Gasteiger partial charge is 0.146 e. The number of rotatable bonds is 12. The summed E-state index contributed by atoms with van der Waals surface area (Å²) < 4.78 is 0. The lowest BCUT2D eigenvalue weighted by Gasteiger charge is -2.29. The van der Waals surface area contributed by atoms with Gasteiger partial charge in [-0.3, -0.25) is 0 Å². The molecule has 0 N–H and O–H groups in total. The Morgan fingerprint density at radius 1 is 0.619 bits per heavy atom. The normalized spacial score (nSPS) is 13.7. The first kappa shape index (κ1) is 23.3. The Morgan fingerprint density at radius 2 is 1.00 bits per heavy atom. The molecule has 0 nitrogen and oxygen atoms in total. The van der Waals surface area contributed by atoms with E-state index in [1.54, 1.807) is 0 Å². The minimum atomic E-state index is -1.93. The van der Waals surface area contributed by atoms with Gasteiger partial charge in [0.15, 0.2) is 0 Å². The van der Waals surface area contributed by atoms with Gasteiger partial charge in [0.1, 0.15) is 0 Å². The van der Waals surface area contributed by atoms with Crippen LogP contribution in [0.4, 0.5) is 0 Å². The van der Waals surface area contributed by atoms with Gasteiger partial charge in [-0.15, -0.1) is 44.3 Å². The summed E-state index contributed by atoms with van der Waals surface area (Å²) in [4.78, 5) is 0. The second-order valence-corrected chi connectivity index (χ2v) is 29.2. The summed E-state index contributed by atoms with van der Waals surface area (Å²) in [6, 6.07) is 6.15. The fourth-order valence-corrected chi connectivity index (χ4v) is 10.9. The first-order valence-corrected chi connectivity index (χ1v) is 21.5. The highest BCUT2D eigenvalue weighted by atomic mass is 79.9. The summed E-state index contributed by atoms with van der Waals surface area (Å²) in [5, 5.41) is 1.11. The molecule has 21 heavy (non-hydrogen) atoms. The van der Waals surface area contributed by atoms with Crippen molar-refractivity contribution in [1.29, 1.82) is 0 Å². The lowest BCUT2D eigenvalue weighted by atomic mass is 10.4. The molecule has 0 aromatic carbocycles. The van der Waals surface area contributed by atoms with Crippen molar-refractivity contribution in [1.82, 2.24) is 0 Å². The number of hydrogen-bond acceptors (Lipinski definition) is 0. The lowest BCUT2D eigenvalue weighted by molar-refractivity contribution is 0.851. The Kier molecular flexibility index (Phi) is 12.2. The van der Waals surface area contributed by atoms with Crippen molar-refractivity contribution in [3.63, 3.8) is 0 Å². The second-order valence-electron chi connectivity index (χ2n) is 6.80. The van der Waals surface area contributed by atoms with Gasteiger partial charge in [-0.05, 0) is 31.6 Å². The monoisotopic (exact) mass is 488 g/mol.